The van der Waals surface area contributed by atoms with Gasteiger partial charge in [-0.25, -0.2) is 4.79 Å². The molecule has 0 bridgehead atoms. The molecule has 2 atom stereocenters. The summed E-state index contributed by atoms with van der Waals surface area (Å²) in [4.78, 5) is 21.9. The van der Waals surface area contributed by atoms with Crippen LogP contribution in [0, 0.1) is 0 Å². The second-order valence-corrected chi connectivity index (χ2v) is 4.10. The zero-order valence-corrected chi connectivity index (χ0v) is 9.09. The van der Waals surface area contributed by atoms with E-state index in [0.29, 0.717) is 13.0 Å². The lowest BCUT2D eigenvalue weighted by Crippen LogP contribution is -2.34. The van der Waals surface area contributed by atoms with Gasteiger partial charge in [0.2, 0.25) is 0 Å². The van der Waals surface area contributed by atoms with Gasteiger partial charge in [0.05, 0.1) is 5.56 Å². The number of rotatable bonds is 3. The van der Waals surface area contributed by atoms with Crippen LogP contribution >= 0.6 is 0 Å². The molecule has 1 aliphatic heterocycles. The Labute approximate surface area is 98.1 Å². The van der Waals surface area contributed by atoms with E-state index in [9.17, 15) is 9.59 Å². The maximum atomic E-state index is 11.0. The molecule has 5 heteroatoms. The molecule has 0 spiro atoms. The van der Waals surface area contributed by atoms with E-state index in [1.807, 2.05) is 0 Å². The smallest absolute Gasteiger partial charge is 0.335 e. The van der Waals surface area contributed by atoms with Gasteiger partial charge in [0, 0.05) is 5.92 Å². The summed E-state index contributed by atoms with van der Waals surface area (Å²) in [7, 11) is 0. The molecule has 0 radical (unpaired) electrons. The van der Waals surface area contributed by atoms with E-state index in [2.05, 4.69) is 5.32 Å². The molecule has 0 aliphatic carbocycles. The summed E-state index contributed by atoms with van der Waals surface area (Å²) < 4.78 is 0. The third-order valence-corrected chi connectivity index (χ3v) is 3.05. The molecule has 1 heterocycles. The average Bonchev–Trinajstić information content (AvgIpc) is 2.78. The van der Waals surface area contributed by atoms with Crippen molar-refractivity contribution in [1.29, 1.82) is 0 Å². The molecule has 1 saturated heterocycles. The number of nitrogens with one attached hydrogen (secondary N) is 1. The van der Waals surface area contributed by atoms with Crippen LogP contribution < -0.4 is 5.32 Å². The number of hydrogen-bond acceptors (Lipinski definition) is 3. The van der Waals surface area contributed by atoms with E-state index in [1.54, 1.807) is 18.2 Å². The molecule has 5 nitrogen and oxygen atoms in total. The Balaban J connectivity index is 2.30. The van der Waals surface area contributed by atoms with E-state index >= 15 is 0 Å². The van der Waals surface area contributed by atoms with Gasteiger partial charge in [-0.2, -0.15) is 0 Å². The van der Waals surface area contributed by atoms with Crippen molar-refractivity contribution < 1.29 is 19.8 Å². The van der Waals surface area contributed by atoms with Crippen LogP contribution in [0.25, 0.3) is 0 Å². The zero-order chi connectivity index (χ0) is 12.4. The Morgan fingerprint density at radius 1 is 1.29 bits per heavy atom. The lowest BCUT2D eigenvalue weighted by atomic mass is 9.91. The summed E-state index contributed by atoms with van der Waals surface area (Å²) in [6, 6.07) is 5.86. The summed E-state index contributed by atoms with van der Waals surface area (Å²) in [6.45, 7) is 0.638. The topological polar surface area (TPSA) is 86.6 Å². The predicted molar refractivity (Wildman–Crippen MR) is 60.2 cm³/mol. The molecular weight excluding hydrogens is 222 g/mol. The van der Waals surface area contributed by atoms with Gasteiger partial charge in [-0.05, 0) is 30.7 Å². The molecule has 1 fully saturated rings. The minimum atomic E-state index is -0.996. The first-order chi connectivity index (χ1) is 8.09. The summed E-state index contributed by atoms with van der Waals surface area (Å²) in [6.07, 6.45) is 0.708. The molecule has 90 valence electrons. The molecule has 0 amide bonds. The second-order valence-electron chi connectivity index (χ2n) is 4.10. The highest BCUT2D eigenvalue weighted by molar-refractivity contribution is 5.87. The van der Waals surface area contributed by atoms with E-state index in [4.69, 9.17) is 10.2 Å². The van der Waals surface area contributed by atoms with E-state index < -0.39 is 18.0 Å². The van der Waals surface area contributed by atoms with Crippen molar-refractivity contribution in [3.63, 3.8) is 0 Å². The van der Waals surface area contributed by atoms with Crippen molar-refractivity contribution >= 4 is 11.9 Å². The Kier molecular flexibility index (Phi) is 3.10. The van der Waals surface area contributed by atoms with Crippen molar-refractivity contribution in [2.24, 2.45) is 0 Å². The van der Waals surface area contributed by atoms with Crippen molar-refractivity contribution in [2.75, 3.05) is 6.54 Å². The molecule has 1 aromatic rings. The van der Waals surface area contributed by atoms with Gasteiger partial charge < -0.3 is 15.5 Å². The maximum Gasteiger partial charge on any atom is 0.335 e. The van der Waals surface area contributed by atoms with Crippen LogP contribution in [0.15, 0.2) is 24.3 Å². The Morgan fingerprint density at radius 3 is 2.71 bits per heavy atom. The molecule has 1 aromatic carbocycles. The van der Waals surface area contributed by atoms with E-state index in [1.165, 1.54) is 6.07 Å². The zero-order valence-electron chi connectivity index (χ0n) is 9.09. The number of carboxylic acids is 2. The van der Waals surface area contributed by atoms with Crippen LogP contribution in [0.1, 0.15) is 28.3 Å². The number of benzene rings is 1. The molecule has 0 saturated carbocycles. The third kappa shape index (κ3) is 2.29. The highest BCUT2D eigenvalue weighted by Gasteiger charge is 2.33. The van der Waals surface area contributed by atoms with Gasteiger partial charge in [-0.1, -0.05) is 12.1 Å². The third-order valence-electron chi connectivity index (χ3n) is 3.05. The first-order valence-electron chi connectivity index (χ1n) is 5.39. The monoisotopic (exact) mass is 235 g/mol. The van der Waals surface area contributed by atoms with Crippen LogP contribution in [0.3, 0.4) is 0 Å². The fourth-order valence-electron chi connectivity index (χ4n) is 2.22. The lowest BCUT2D eigenvalue weighted by Gasteiger charge is -2.16. The fraction of sp³-hybridized carbons (Fsp3) is 0.333. The van der Waals surface area contributed by atoms with Gasteiger partial charge in [-0.3, -0.25) is 4.79 Å². The average molecular weight is 235 g/mol. The van der Waals surface area contributed by atoms with Crippen molar-refractivity contribution in [3.8, 4) is 0 Å². The Morgan fingerprint density at radius 2 is 2.06 bits per heavy atom. The second kappa shape index (κ2) is 4.55. The molecule has 3 N–H and O–H groups in total. The highest BCUT2D eigenvalue weighted by Crippen LogP contribution is 2.28. The van der Waals surface area contributed by atoms with Crippen LogP contribution in [0.4, 0.5) is 0 Å². The van der Waals surface area contributed by atoms with Gasteiger partial charge in [0.15, 0.2) is 0 Å². The summed E-state index contributed by atoms with van der Waals surface area (Å²) in [5.74, 6) is -2.05. The first-order valence-corrected chi connectivity index (χ1v) is 5.39. The van der Waals surface area contributed by atoms with Crippen LogP contribution in [-0.4, -0.2) is 34.7 Å². The van der Waals surface area contributed by atoms with Crippen LogP contribution in [0.2, 0.25) is 0 Å². The molecule has 0 aromatic heterocycles. The van der Waals surface area contributed by atoms with Crippen molar-refractivity contribution in [3.05, 3.63) is 35.4 Å². The van der Waals surface area contributed by atoms with E-state index in [-0.39, 0.29) is 11.5 Å². The lowest BCUT2D eigenvalue weighted by molar-refractivity contribution is -0.139. The SMILES string of the molecule is O=C(O)c1cccc([C@H]2CCN[C@@H]2C(=O)O)c1. The largest absolute Gasteiger partial charge is 0.480 e. The minimum absolute atomic E-state index is 0.160. The number of aromatic carboxylic acids is 1. The highest BCUT2D eigenvalue weighted by atomic mass is 16.4. The molecule has 1 aliphatic rings. The Bertz CT molecular complexity index is 458. The fourth-order valence-corrected chi connectivity index (χ4v) is 2.22. The van der Waals surface area contributed by atoms with Gasteiger partial charge in [0.1, 0.15) is 6.04 Å². The van der Waals surface area contributed by atoms with Crippen molar-refractivity contribution in [1.82, 2.24) is 5.32 Å². The number of carbonyl (C=O) groups is 2. The van der Waals surface area contributed by atoms with Crippen molar-refractivity contribution in [2.45, 2.75) is 18.4 Å². The molecule has 0 unspecified atom stereocenters. The maximum absolute atomic E-state index is 11.0. The number of aliphatic carboxylic acids is 1. The Hall–Kier alpha value is -1.88. The normalized spacial score (nSPS) is 23.5. The summed E-state index contributed by atoms with van der Waals surface area (Å²) in [5, 5.41) is 20.8. The standard InChI is InChI=1S/C12H13NO4/c14-11(15)8-3-1-2-7(6-8)9-4-5-13-10(9)12(16)17/h1-3,6,9-10,13H,4-5H2,(H,14,15)(H,16,17)/t9-,10+/m1/s1. The van der Waals surface area contributed by atoms with Gasteiger partial charge in [0.25, 0.3) is 0 Å². The molecule has 17 heavy (non-hydrogen) atoms. The molecular formula is C12H13NO4. The van der Waals surface area contributed by atoms with E-state index in [0.717, 1.165) is 5.56 Å². The first kappa shape index (κ1) is 11.6. The summed E-state index contributed by atoms with van der Waals surface area (Å²) in [5.41, 5.74) is 0.959. The quantitative estimate of drug-likeness (QED) is 0.725. The minimum Gasteiger partial charge on any atom is -0.480 e. The van der Waals surface area contributed by atoms with Gasteiger partial charge >= 0.3 is 11.9 Å². The van der Waals surface area contributed by atoms with Gasteiger partial charge in [-0.15, -0.1) is 0 Å². The number of hydrogen-bond donors (Lipinski definition) is 3. The number of carboxylic acid groups (broad SMARTS) is 2. The summed E-state index contributed by atoms with van der Waals surface area (Å²) >= 11 is 0. The predicted octanol–water partition coefficient (Wildman–Crippen LogP) is 0.915. The van der Waals surface area contributed by atoms with Crippen LogP contribution in [0.5, 0.6) is 0 Å². The molecule has 2 rings (SSSR count). The van der Waals surface area contributed by atoms with Crippen LogP contribution in [-0.2, 0) is 4.79 Å².